The summed E-state index contributed by atoms with van der Waals surface area (Å²) in [6.45, 7) is -26.0. The van der Waals surface area contributed by atoms with Crippen molar-refractivity contribution < 1.29 is 112 Å². The highest BCUT2D eigenvalue weighted by Crippen LogP contribution is 2.56. The number of aromatic amines is 3. The van der Waals surface area contributed by atoms with E-state index >= 15 is 0 Å². The molecule has 0 spiro atoms. The van der Waals surface area contributed by atoms with Gasteiger partial charge in [-0.15, -0.1) is 0 Å². The zero-order valence-electron chi connectivity index (χ0n) is 65.9. The number of H-pyrrole nitrogens is 3. The minimum atomic E-state index is -4.95. The van der Waals surface area contributed by atoms with Crippen LogP contribution in [0.1, 0.15) is 106 Å². The zero-order valence-corrected chi connectivity index (χ0v) is 76.2. The lowest BCUT2D eigenvalue weighted by Crippen LogP contribution is -2.34. The predicted octanol–water partition coefficient (Wildman–Crippen LogP) is -1.83. The second-order valence-electron chi connectivity index (χ2n) is 29.2. The van der Waals surface area contributed by atoms with Crippen LogP contribution in [-0.4, -0.2) is 201 Å². The molecule has 126 heavy (non-hydrogen) atoms. The number of aromatic nitrogens is 18. The molecule has 0 radical (unpaired) electrons. The Balaban J connectivity index is 0.644. The molecule has 52 nitrogen and oxygen atoms in total. The molecule has 64 heteroatoms. The number of nitrogens with one attached hydrogen (secondary N) is 3. The van der Waals surface area contributed by atoms with Crippen molar-refractivity contribution >= 4 is 169 Å². The normalized spacial score (nSPS) is 29.4. The van der Waals surface area contributed by atoms with E-state index in [-0.39, 0.29) is 107 Å². The number of nitrogen functional groups attached to an aromatic ring is 4. The van der Waals surface area contributed by atoms with Gasteiger partial charge in [-0.1, -0.05) is 66.0 Å². The summed E-state index contributed by atoms with van der Waals surface area (Å²) in [6, 6.07) is 0. The number of anilines is 4. The highest BCUT2D eigenvalue weighted by Gasteiger charge is 2.48. The van der Waals surface area contributed by atoms with Crippen molar-refractivity contribution in [3.8, 4) is 0 Å². The Morgan fingerprint density at radius 1 is 0.421 bits per heavy atom. The fraction of sp³-hybridized carbons (Fsp3) is 0.565. The van der Waals surface area contributed by atoms with Crippen molar-refractivity contribution in [3.63, 3.8) is 0 Å². The van der Waals surface area contributed by atoms with E-state index in [1.165, 1.54) is 71.4 Å². The number of fused-ring (bicyclic) bond motifs is 3. The maximum Gasteiger partial charge on any atom is 0.351 e. The molecule has 11 N–H and O–H groups in total. The quantitative estimate of drug-likeness (QED) is 0.0170. The summed E-state index contributed by atoms with van der Waals surface area (Å²) in [6.07, 6.45) is -14.3. The average molecular weight is 1990 g/mol. The van der Waals surface area contributed by atoms with Gasteiger partial charge in [0.05, 0.1) is 94.7 Å². The van der Waals surface area contributed by atoms with Crippen LogP contribution < -0.4 is 81.1 Å². The first-order valence-corrected chi connectivity index (χ1v) is 53.1. The minimum Gasteiger partial charge on any atom is -0.780 e. The molecule has 686 valence electrons. The topological polar surface area (TPSA) is 698 Å². The molecule has 0 aromatic carbocycles. The lowest BCUT2D eigenvalue weighted by atomic mass is 10.1. The molecule has 0 saturated carbocycles. The zero-order chi connectivity index (χ0) is 90.2. The van der Waals surface area contributed by atoms with Gasteiger partial charge < -0.3 is 142 Å². The van der Waals surface area contributed by atoms with E-state index in [0.717, 1.165) is 27.1 Å². The summed E-state index contributed by atoms with van der Waals surface area (Å²) in [5, 5.41) is 0. The van der Waals surface area contributed by atoms with Crippen LogP contribution in [-0.2, 0) is 159 Å². The number of ether oxygens (including phenoxy) is 6. The molecule has 15 heterocycles. The second-order valence-corrected chi connectivity index (χ2v) is 45.5. The van der Waals surface area contributed by atoms with Crippen LogP contribution in [0.25, 0.3) is 33.5 Å². The molecule has 6 aliphatic rings. The van der Waals surface area contributed by atoms with E-state index in [0.29, 0.717) is 5.56 Å². The molecule has 9 aromatic rings. The molecule has 0 amide bonds. The van der Waals surface area contributed by atoms with Crippen LogP contribution >= 0.6 is 40.4 Å². The monoisotopic (exact) mass is 1990 g/mol. The molecule has 0 aliphatic carbocycles. The summed E-state index contributed by atoms with van der Waals surface area (Å²) in [4.78, 5) is 193. The molecule has 6 fully saturated rings. The molecule has 9 aromatic heterocycles. The molecule has 24 atom stereocenters. The number of imidazole rings is 3. The molecular formula is C62H76N22O30P6S6-6. The van der Waals surface area contributed by atoms with Gasteiger partial charge in [0.1, 0.15) is 131 Å². The number of hydrogen-bond acceptors (Lipinski definition) is 49. The van der Waals surface area contributed by atoms with E-state index in [1.807, 2.05) is 0 Å². The van der Waals surface area contributed by atoms with Gasteiger partial charge in [-0.3, -0.25) is 61.3 Å². The first-order valence-electron chi connectivity index (χ1n) is 37.7. The van der Waals surface area contributed by atoms with Crippen molar-refractivity contribution in [1.82, 2.24) is 87.2 Å². The van der Waals surface area contributed by atoms with Crippen LogP contribution in [0.4, 0.5) is 23.4 Å². The smallest absolute Gasteiger partial charge is 0.351 e. The van der Waals surface area contributed by atoms with Crippen molar-refractivity contribution in [2.45, 2.75) is 183 Å². The highest BCUT2D eigenvalue weighted by atomic mass is 32.7. The summed E-state index contributed by atoms with van der Waals surface area (Å²) in [5.74, 6) is -0.431. The van der Waals surface area contributed by atoms with Crippen molar-refractivity contribution in [2.24, 2.45) is 0 Å². The Morgan fingerprint density at radius 3 is 1.15 bits per heavy atom. The molecule has 0 bridgehead atoms. The van der Waals surface area contributed by atoms with Gasteiger partial charge >= 0.3 is 17.1 Å². The second kappa shape index (κ2) is 37.8. The molecular weight excluding hydrogens is 1910 g/mol. The van der Waals surface area contributed by atoms with Crippen LogP contribution in [0.3, 0.4) is 0 Å². The van der Waals surface area contributed by atoms with E-state index in [9.17, 15) is 57.8 Å². The van der Waals surface area contributed by atoms with Gasteiger partial charge in [0.15, 0.2) is 40.9 Å². The molecule has 6 saturated heterocycles. The standard InChI is InChI=1S/C62H82N22O30P6S6/c1-6-29-30(7-41(103-29)80-14-27(3)56(85)77-61(80)89)110-116(92,122)98-20-40-35(12-46(108-40)84-25-73-49-55(84)75-59(66)76-58(49)87)114-119(95,125)100-17-37-32(9-42(105-37)79-13-26(2)50(63)74-60(79)88)111-117(93,123)101-18-38-34(11-45(106-38)83-24-72-48-52(65)68-22-70-54(48)83)113-120(96,126)102-19-39-33(10-44(107-39)82-23-71-47-51(64)67-21-69-53(47)82)112-118(94,124)99-16-36-31(109-115(91,121)97-5)8-43(104-36)81-15-28(4)57(86)78-62(81)90/h13-15,21-25,29-46H,6-12,16-20H2,1-5H3,(H,91,121)(H,92,122)(H,93,123)(H,94,124)(H,95,125)(H,96,126)(H2,63,74,88)(H2,64,67,69)(H2,65,68,70)(H,77,85,89)(H,78,86,90)(H3,66,75,76,87)/p-6/t29-,30?,31?,32?,33?,34?,35?,36-,37-,38-,39-,40-,41-,42-,43-,44-,45-,46-,115?,116?,117?,118?,119?,120?/m1/s1. The lowest BCUT2D eigenvalue weighted by Gasteiger charge is -2.36. The Labute approximate surface area is 738 Å². The number of hydrogen-bond donors (Lipinski definition) is 7. The average Bonchev–Trinajstić information content (AvgIpc) is 1.63. The fourth-order valence-corrected chi connectivity index (χ4v) is 23.0. The van der Waals surface area contributed by atoms with Crippen molar-refractivity contribution in [1.29, 1.82) is 0 Å². The van der Waals surface area contributed by atoms with Gasteiger partial charge in [-0.25, -0.2) is 49.3 Å². The number of aryl methyl sites for hydroxylation is 3. The van der Waals surface area contributed by atoms with E-state index in [2.05, 4.69) is 59.8 Å². The van der Waals surface area contributed by atoms with Crippen LogP contribution in [0.2, 0.25) is 0 Å². The highest BCUT2D eigenvalue weighted by molar-refractivity contribution is 8.32. The van der Waals surface area contributed by atoms with Gasteiger partial charge in [0.25, 0.3) is 16.7 Å². The number of rotatable bonds is 35. The number of nitrogens with zero attached hydrogens (tertiary/aromatic N) is 15. The molecule has 15 rings (SSSR count). The van der Waals surface area contributed by atoms with E-state index < -0.39 is 224 Å². The third kappa shape index (κ3) is 21.4. The lowest BCUT2D eigenvalue weighted by molar-refractivity contribution is -0.221. The Bertz CT molecular complexity index is 6330. The van der Waals surface area contributed by atoms with Crippen LogP contribution in [0.15, 0.2) is 79.0 Å². The van der Waals surface area contributed by atoms with Crippen molar-refractivity contribution in [3.05, 3.63) is 129 Å². The fourth-order valence-electron chi connectivity index (χ4n) is 14.7. The van der Waals surface area contributed by atoms with E-state index in [1.54, 1.807) is 13.8 Å². The third-order valence-electron chi connectivity index (χ3n) is 20.8. The molecule has 6 aliphatic heterocycles. The summed E-state index contributed by atoms with van der Waals surface area (Å²) in [7, 11) is 1.04. The Morgan fingerprint density at radius 2 is 0.754 bits per heavy atom. The predicted molar refractivity (Wildman–Crippen MR) is 446 cm³/mol. The third-order valence-corrected chi connectivity index (χ3v) is 30.4. The van der Waals surface area contributed by atoms with Crippen LogP contribution in [0, 0.1) is 20.8 Å². The SMILES string of the molecule is CC[C@H]1O[C@@H](n2cc(C)c(=O)[nH]c2=O)CC1OP([O-])(=S)OC[C@H]1O[C@@H](n2cnc3c(=O)[nH]c(N)nc32)CC1OP(=O)([S-])OC[C@H]1O[C@@H](n2cc(C)c(N)nc2=O)CC1OP([O-])(=S)OC[C@H]1O[C@@H](n2cnc3c(N)ncnc32)CC1OP([O-])(=S)OC[C@H]1O[C@@H](n2cnc3c(N)ncnc32)CC1OP([O-])(=S)OC[C@H]1O[C@@H](n2cc(C)c(=O)[nH]c2=O)CC1OP([O-])(=S)OC. The van der Waals surface area contributed by atoms with E-state index in [4.69, 9.17) is 177 Å². The number of nitrogens with two attached hydrogens (primary N) is 4. The van der Waals surface area contributed by atoms with Gasteiger partial charge in [-0.05, 0) is 27.2 Å². The minimum absolute atomic E-state index is 0.00204. The largest absolute Gasteiger partial charge is 0.780 e. The maximum absolute atomic E-state index is 14.9. The first kappa shape index (κ1) is 94.4. The summed E-state index contributed by atoms with van der Waals surface area (Å²) < 4.78 is 130. The van der Waals surface area contributed by atoms with Gasteiger partial charge in [0.2, 0.25) is 5.95 Å². The van der Waals surface area contributed by atoms with Crippen LogP contribution in [0.5, 0.6) is 0 Å². The van der Waals surface area contributed by atoms with Gasteiger partial charge in [0, 0.05) is 80.9 Å². The van der Waals surface area contributed by atoms with Crippen molar-refractivity contribution in [2.75, 3.05) is 63.1 Å². The maximum atomic E-state index is 14.9. The summed E-state index contributed by atoms with van der Waals surface area (Å²) in [5.41, 5.74) is 20.7. The van der Waals surface area contributed by atoms with Gasteiger partial charge in [-0.2, -0.15) is 9.97 Å². The first-order chi connectivity index (χ1) is 59.5. The Kier molecular flexibility index (Phi) is 28.3. The summed E-state index contributed by atoms with van der Waals surface area (Å²) >= 11 is 32.5. The molecule has 12 unspecified atom stereocenters. The Hall–Kier alpha value is -6.20.